The van der Waals surface area contributed by atoms with E-state index in [1.54, 1.807) is 12.1 Å². The zero-order chi connectivity index (χ0) is 18.1. The summed E-state index contributed by atoms with van der Waals surface area (Å²) in [4.78, 5) is 32.1. The summed E-state index contributed by atoms with van der Waals surface area (Å²) >= 11 is 0. The number of benzene rings is 1. The molecule has 2 rings (SSSR count). The third-order valence-corrected chi connectivity index (χ3v) is 4.37. The zero-order valence-electron chi connectivity index (χ0n) is 14.9. The van der Waals surface area contributed by atoms with Crippen LogP contribution in [0.1, 0.15) is 68.3 Å². The third-order valence-electron chi connectivity index (χ3n) is 4.37. The summed E-state index contributed by atoms with van der Waals surface area (Å²) in [5.41, 5.74) is 1.47. The summed E-state index contributed by atoms with van der Waals surface area (Å²) < 4.78 is 5.13. The standard InChI is InChI=1S/C19H26O6/c1-3-4-7-15-9-11-16(12-10-15)18(20)23-25-24-19(21)22-17-8-5-6-14(2)13-17/h9-12,14,17H,3-8,13H2,1-2H3. The smallest absolute Gasteiger partial charge is 0.429 e. The molecule has 1 aliphatic carbocycles. The van der Waals surface area contributed by atoms with Gasteiger partial charge < -0.3 is 4.74 Å². The normalized spacial score (nSPS) is 19.9. The van der Waals surface area contributed by atoms with Gasteiger partial charge in [0.05, 0.1) is 10.6 Å². The van der Waals surface area contributed by atoms with Crippen molar-refractivity contribution >= 4 is 12.1 Å². The molecule has 1 aliphatic rings. The van der Waals surface area contributed by atoms with Gasteiger partial charge in [-0.2, -0.15) is 0 Å². The molecule has 1 aromatic rings. The maximum Gasteiger partial charge on any atom is 0.543 e. The molecule has 0 radical (unpaired) electrons. The Morgan fingerprint density at radius 2 is 1.88 bits per heavy atom. The molecule has 0 saturated heterocycles. The Balaban J connectivity index is 1.68. The van der Waals surface area contributed by atoms with Crippen molar-refractivity contribution in [3.05, 3.63) is 35.4 Å². The Labute approximate surface area is 148 Å². The van der Waals surface area contributed by atoms with Gasteiger partial charge in [-0.25, -0.2) is 14.5 Å². The topological polar surface area (TPSA) is 71.1 Å². The van der Waals surface area contributed by atoms with Crippen molar-refractivity contribution < 1.29 is 29.1 Å². The summed E-state index contributed by atoms with van der Waals surface area (Å²) in [6.07, 6.45) is 5.78. The van der Waals surface area contributed by atoms with Crippen LogP contribution >= 0.6 is 0 Å². The number of rotatable bonds is 7. The molecule has 0 spiro atoms. The van der Waals surface area contributed by atoms with E-state index in [9.17, 15) is 9.59 Å². The fourth-order valence-corrected chi connectivity index (χ4v) is 2.95. The average Bonchev–Trinajstić information content (AvgIpc) is 2.60. The van der Waals surface area contributed by atoms with Gasteiger partial charge in [-0.05, 0) is 55.7 Å². The number of hydrogen-bond donors (Lipinski definition) is 0. The molecule has 0 aliphatic heterocycles. The van der Waals surface area contributed by atoms with Gasteiger partial charge >= 0.3 is 12.1 Å². The molecule has 6 heteroatoms. The SMILES string of the molecule is CCCCc1ccc(C(=O)OOOC(=O)OC2CCCC(C)C2)cc1. The van der Waals surface area contributed by atoms with E-state index in [2.05, 4.69) is 28.7 Å². The predicted molar refractivity (Wildman–Crippen MR) is 90.5 cm³/mol. The lowest BCUT2D eigenvalue weighted by Crippen LogP contribution is -2.25. The van der Waals surface area contributed by atoms with Crippen LogP contribution in [0.4, 0.5) is 4.79 Å². The lowest BCUT2D eigenvalue weighted by molar-refractivity contribution is -0.453. The summed E-state index contributed by atoms with van der Waals surface area (Å²) in [6, 6.07) is 7.04. The van der Waals surface area contributed by atoms with Gasteiger partial charge in [0, 0.05) is 0 Å². The summed E-state index contributed by atoms with van der Waals surface area (Å²) in [5.74, 6) is -0.216. The van der Waals surface area contributed by atoms with Crippen molar-refractivity contribution in [2.75, 3.05) is 0 Å². The highest BCUT2D eigenvalue weighted by Gasteiger charge is 2.23. The fraction of sp³-hybridized carbons (Fsp3) is 0.579. The highest BCUT2D eigenvalue weighted by Crippen LogP contribution is 2.25. The van der Waals surface area contributed by atoms with Crippen LogP contribution in [0.3, 0.4) is 0 Å². The number of unbranched alkanes of at least 4 members (excludes halogenated alkanes) is 1. The molecule has 1 aromatic carbocycles. The molecule has 1 fully saturated rings. The Bertz CT molecular complexity index is 554. The molecule has 0 heterocycles. The monoisotopic (exact) mass is 350 g/mol. The molecule has 2 unspecified atom stereocenters. The first-order valence-corrected chi connectivity index (χ1v) is 8.93. The van der Waals surface area contributed by atoms with Crippen LogP contribution in [0.25, 0.3) is 0 Å². The van der Waals surface area contributed by atoms with E-state index in [1.165, 1.54) is 0 Å². The average molecular weight is 350 g/mol. The minimum atomic E-state index is -0.998. The van der Waals surface area contributed by atoms with E-state index < -0.39 is 12.1 Å². The maximum atomic E-state index is 11.8. The second-order valence-electron chi connectivity index (χ2n) is 6.58. The molecule has 1 saturated carbocycles. The van der Waals surface area contributed by atoms with Crippen molar-refractivity contribution in [2.45, 2.75) is 64.9 Å². The minimum absolute atomic E-state index is 0.175. The van der Waals surface area contributed by atoms with Crippen molar-refractivity contribution in [3.8, 4) is 0 Å². The van der Waals surface area contributed by atoms with Crippen LogP contribution in [0.15, 0.2) is 24.3 Å². The molecule has 0 N–H and O–H groups in total. The molecule has 0 amide bonds. The Morgan fingerprint density at radius 1 is 1.12 bits per heavy atom. The zero-order valence-corrected chi connectivity index (χ0v) is 14.9. The van der Waals surface area contributed by atoms with Crippen LogP contribution in [0.2, 0.25) is 0 Å². The summed E-state index contributed by atoms with van der Waals surface area (Å²) in [6.45, 7) is 4.25. The van der Waals surface area contributed by atoms with Crippen LogP contribution in [0.5, 0.6) is 0 Å². The van der Waals surface area contributed by atoms with Crippen LogP contribution < -0.4 is 0 Å². The van der Waals surface area contributed by atoms with E-state index in [0.717, 1.165) is 50.5 Å². The molecule has 0 bridgehead atoms. The summed E-state index contributed by atoms with van der Waals surface area (Å²) in [7, 11) is 0. The van der Waals surface area contributed by atoms with Crippen LogP contribution in [-0.4, -0.2) is 18.2 Å². The van der Waals surface area contributed by atoms with Gasteiger partial charge in [0.2, 0.25) is 0 Å². The van der Waals surface area contributed by atoms with Gasteiger partial charge in [-0.15, -0.1) is 0 Å². The van der Waals surface area contributed by atoms with Gasteiger partial charge in [0.15, 0.2) is 0 Å². The molecule has 0 aromatic heterocycles. The fourth-order valence-electron chi connectivity index (χ4n) is 2.95. The predicted octanol–water partition coefficient (Wildman–Crippen LogP) is 4.76. The third kappa shape index (κ3) is 6.74. The quantitative estimate of drug-likeness (QED) is 0.401. The molecule has 138 valence electrons. The Kier molecular flexibility index (Phi) is 7.73. The van der Waals surface area contributed by atoms with Crippen molar-refractivity contribution in [3.63, 3.8) is 0 Å². The van der Waals surface area contributed by atoms with E-state index >= 15 is 0 Å². The van der Waals surface area contributed by atoms with Gasteiger partial charge in [0.1, 0.15) is 6.10 Å². The largest absolute Gasteiger partial charge is 0.543 e. The molecular formula is C19H26O6. The molecular weight excluding hydrogens is 324 g/mol. The van der Waals surface area contributed by atoms with E-state index in [-0.39, 0.29) is 6.10 Å². The number of carbonyl (C=O) groups excluding carboxylic acids is 2. The van der Waals surface area contributed by atoms with Gasteiger partial charge in [0.25, 0.3) is 0 Å². The molecule has 25 heavy (non-hydrogen) atoms. The Morgan fingerprint density at radius 3 is 2.56 bits per heavy atom. The Hall–Kier alpha value is -2.08. The highest BCUT2D eigenvalue weighted by atomic mass is 17.5. The first kappa shape index (κ1) is 19.2. The first-order valence-electron chi connectivity index (χ1n) is 8.93. The van der Waals surface area contributed by atoms with E-state index in [0.29, 0.717) is 11.5 Å². The van der Waals surface area contributed by atoms with E-state index in [1.807, 2.05) is 12.1 Å². The maximum absolute atomic E-state index is 11.8. The van der Waals surface area contributed by atoms with E-state index in [4.69, 9.17) is 4.74 Å². The molecule has 6 nitrogen and oxygen atoms in total. The van der Waals surface area contributed by atoms with Crippen LogP contribution in [-0.2, 0) is 26.0 Å². The van der Waals surface area contributed by atoms with Gasteiger partial charge in [-0.3, -0.25) is 4.89 Å². The van der Waals surface area contributed by atoms with Crippen molar-refractivity contribution in [1.82, 2.24) is 0 Å². The highest BCUT2D eigenvalue weighted by molar-refractivity contribution is 5.88. The van der Waals surface area contributed by atoms with Crippen molar-refractivity contribution in [2.24, 2.45) is 5.92 Å². The number of aryl methyl sites for hydroxylation is 1. The minimum Gasteiger partial charge on any atom is -0.429 e. The second kappa shape index (κ2) is 10.0. The second-order valence-corrected chi connectivity index (χ2v) is 6.58. The number of ether oxygens (including phenoxy) is 1. The first-order chi connectivity index (χ1) is 12.1. The van der Waals surface area contributed by atoms with Crippen molar-refractivity contribution in [1.29, 1.82) is 0 Å². The van der Waals surface area contributed by atoms with Crippen LogP contribution in [0, 0.1) is 5.92 Å². The molecule has 2 atom stereocenters. The van der Waals surface area contributed by atoms with Gasteiger partial charge in [-0.1, -0.05) is 38.8 Å². The lowest BCUT2D eigenvalue weighted by atomic mass is 9.89. The number of carbonyl (C=O) groups is 2. The lowest BCUT2D eigenvalue weighted by Gasteiger charge is -2.25. The summed E-state index contributed by atoms with van der Waals surface area (Å²) in [5, 5.41) is 4.25. The number of hydrogen-bond acceptors (Lipinski definition) is 6.